The van der Waals surface area contributed by atoms with Gasteiger partial charge >= 0.3 is 0 Å². The molecular weight excluding hydrogens is 258 g/mol. The van der Waals surface area contributed by atoms with Crippen molar-refractivity contribution in [3.05, 3.63) is 23.2 Å². The first-order valence-electron chi connectivity index (χ1n) is 5.30. The van der Waals surface area contributed by atoms with Gasteiger partial charge in [-0.05, 0) is 24.6 Å². The number of thioether (sulfide) groups is 1. The van der Waals surface area contributed by atoms with Crippen LogP contribution in [0.5, 0.6) is 0 Å². The van der Waals surface area contributed by atoms with Gasteiger partial charge in [-0.3, -0.25) is 10.2 Å². The van der Waals surface area contributed by atoms with Gasteiger partial charge in [-0.2, -0.15) is 0 Å². The quantitative estimate of drug-likeness (QED) is 0.252. The maximum absolute atomic E-state index is 11.6. The monoisotopic (exact) mass is 273 g/mol. The van der Waals surface area contributed by atoms with Crippen LogP contribution >= 0.6 is 23.4 Å². The molecule has 1 aromatic carbocycles. The number of nitrogens with two attached hydrogens (primary N) is 2. The summed E-state index contributed by atoms with van der Waals surface area (Å²) < 4.78 is 0. The lowest BCUT2D eigenvalue weighted by Gasteiger charge is -2.15. The minimum Gasteiger partial charge on any atom is -0.398 e. The summed E-state index contributed by atoms with van der Waals surface area (Å²) in [5.41, 5.74) is 8.59. The first-order valence-corrected chi connectivity index (χ1v) is 6.56. The molecule has 0 bridgehead atoms. The van der Waals surface area contributed by atoms with Crippen molar-refractivity contribution in [2.24, 2.45) is 5.84 Å². The van der Waals surface area contributed by atoms with Gasteiger partial charge in [-0.25, -0.2) is 5.84 Å². The molecule has 94 valence electrons. The van der Waals surface area contributed by atoms with Crippen LogP contribution in [0.1, 0.15) is 19.8 Å². The number of benzene rings is 1. The highest BCUT2D eigenvalue weighted by Gasteiger charge is 2.19. The summed E-state index contributed by atoms with van der Waals surface area (Å²) in [6.07, 6.45) is 1.65. The van der Waals surface area contributed by atoms with Crippen LogP contribution in [0.4, 0.5) is 5.69 Å². The van der Waals surface area contributed by atoms with Crippen LogP contribution in [0.25, 0.3) is 0 Å². The Morgan fingerprint density at radius 2 is 2.29 bits per heavy atom. The van der Waals surface area contributed by atoms with Crippen molar-refractivity contribution in [3.63, 3.8) is 0 Å². The van der Waals surface area contributed by atoms with Crippen molar-refractivity contribution >= 4 is 35.0 Å². The average molecular weight is 274 g/mol. The standard InChI is InChI=1S/C11H16ClN3OS/c1-2-3-10(11(16)15-14)17-9-5-4-7(12)6-8(9)13/h4-6,10H,2-3,13-14H2,1H3,(H,15,16). The Bertz CT molecular complexity index is 400. The van der Waals surface area contributed by atoms with E-state index in [2.05, 4.69) is 5.43 Å². The SMILES string of the molecule is CCCC(Sc1ccc(Cl)cc1N)C(=O)NN. The van der Waals surface area contributed by atoms with Crippen molar-refractivity contribution in [3.8, 4) is 0 Å². The van der Waals surface area contributed by atoms with Crippen LogP contribution in [0.3, 0.4) is 0 Å². The highest BCUT2D eigenvalue weighted by atomic mass is 35.5. The van der Waals surface area contributed by atoms with Gasteiger partial charge in [0.15, 0.2) is 0 Å². The lowest BCUT2D eigenvalue weighted by Crippen LogP contribution is -2.37. The highest BCUT2D eigenvalue weighted by molar-refractivity contribution is 8.00. The van der Waals surface area contributed by atoms with E-state index in [1.165, 1.54) is 11.8 Å². The summed E-state index contributed by atoms with van der Waals surface area (Å²) in [6, 6.07) is 5.24. The van der Waals surface area contributed by atoms with E-state index < -0.39 is 0 Å². The molecule has 6 heteroatoms. The van der Waals surface area contributed by atoms with Crippen molar-refractivity contribution in [2.75, 3.05) is 5.73 Å². The number of nitrogen functional groups attached to an aromatic ring is 1. The van der Waals surface area contributed by atoms with Crippen LogP contribution in [0, 0.1) is 0 Å². The number of amides is 1. The zero-order valence-electron chi connectivity index (χ0n) is 9.57. The fourth-order valence-electron chi connectivity index (χ4n) is 1.38. The van der Waals surface area contributed by atoms with E-state index >= 15 is 0 Å². The molecule has 17 heavy (non-hydrogen) atoms. The molecule has 0 aliphatic rings. The molecule has 1 amide bonds. The Balaban J connectivity index is 2.82. The number of hydrazine groups is 1. The van der Waals surface area contributed by atoms with Gasteiger partial charge in [0.25, 0.3) is 0 Å². The largest absolute Gasteiger partial charge is 0.398 e. The molecule has 1 atom stereocenters. The van der Waals surface area contributed by atoms with Crippen LogP contribution in [0.2, 0.25) is 5.02 Å². The molecule has 4 nitrogen and oxygen atoms in total. The van der Waals surface area contributed by atoms with E-state index in [9.17, 15) is 4.79 Å². The minimum atomic E-state index is -0.228. The van der Waals surface area contributed by atoms with Gasteiger partial charge < -0.3 is 5.73 Å². The molecule has 0 saturated carbocycles. The number of hydrogen-bond acceptors (Lipinski definition) is 4. The van der Waals surface area contributed by atoms with Crippen molar-refractivity contribution in [2.45, 2.75) is 29.9 Å². The molecule has 0 radical (unpaired) electrons. The molecule has 0 fully saturated rings. The van der Waals surface area contributed by atoms with Crippen molar-refractivity contribution in [1.82, 2.24) is 5.43 Å². The predicted molar refractivity (Wildman–Crippen MR) is 72.7 cm³/mol. The second-order valence-electron chi connectivity index (χ2n) is 3.59. The fourth-order valence-corrected chi connectivity index (χ4v) is 2.74. The fraction of sp³-hybridized carbons (Fsp3) is 0.364. The Morgan fingerprint density at radius 3 is 2.82 bits per heavy atom. The van der Waals surface area contributed by atoms with E-state index in [0.29, 0.717) is 10.7 Å². The van der Waals surface area contributed by atoms with Gasteiger partial charge in [-0.1, -0.05) is 24.9 Å². The smallest absolute Gasteiger partial charge is 0.247 e. The van der Waals surface area contributed by atoms with Gasteiger partial charge in [-0.15, -0.1) is 11.8 Å². The van der Waals surface area contributed by atoms with Crippen molar-refractivity contribution in [1.29, 1.82) is 0 Å². The Morgan fingerprint density at radius 1 is 1.59 bits per heavy atom. The Hall–Kier alpha value is -0.910. The lowest BCUT2D eigenvalue weighted by molar-refractivity contribution is -0.120. The predicted octanol–water partition coefficient (Wildman–Crippen LogP) is 2.17. The van der Waals surface area contributed by atoms with E-state index in [1.54, 1.807) is 12.1 Å². The summed E-state index contributed by atoms with van der Waals surface area (Å²) in [5.74, 6) is 4.97. The Labute approximate surface area is 110 Å². The van der Waals surface area contributed by atoms with Crippen molar-refractivity contribution < 1.29 is 4.79 Å². The van der Waals surface area contributed by atoms with Crippen LogP contribution in [0.15, 0.2) is 23.1 Å². The molecule has 1 rings (SSSR count). The first kappa shape index (κ1) is 14.2. The summed E-state index contributed by atoms with van der Waals surface area (Å²) >= 11 is 7.22. The van der Waals surface area contributed by atoms with Gasteiger partial charge in [0.1, 0.15) is 0 Å². The van der Waals surface area contributed by atoms with E-state index in [1.807, 2.05) is 13.0 Å². The number of carbonyl (C=O) groups excluding carboxylic acids is 1. The molecule has 5 N–H and O–H groups in total. The molecule has 0 spiro atoms. The number of halogens is 1. The highest BCUT2D eigenvalue weighted by Crippen LogP contribution is 2.32. The van der Waals surface area contributed by atoms with Gasteiger partial charge in [0, 0.05) is 15.6 Å². The normalized spacial score (nSPS) is 12.2. The van der Waals surface area contributed by atoms with Gasteiger partial charge in [0.05, 0.1) is 5.25 Å². The van der Waals surface area contributed by atoms with Gasteiger partial charge in [0.2, 0.25) is 5.91 Å². The zero-order valence-corrected chi connectivity index (χ0v) is 11.1. The molecule has 0 heterocycles. The number of nitrogens with one attached hydrogen (secondary N) is 1. The Kier molecular flexibility index (Phi) is 5.61. The third-order valence-corrected chi connectivity index (χ3v) is 3.82. The number of rotatable bonds is 5. The molecular formula is C11H16ClN3OS. The van der Waals surface area contributed by atoms with Crippen LogP contribution < -0.4 is 17.0 Å². The minimum absolute atomic E-state index is 0.189. The average Bonchev–Trinajstić information content (AvgIpc) is 2.30. The summed E-state index contributed by atoms with van der Waals surface area (Å²) in [7, 11) is 0. The maximum Gasteiger partial charge on any atom is 0.247 e. The first-order chi connectivity index (χ1) is 8.08. The third-order valence-electron chi connectivity index (χ3n) is 2.23. The molecule has 0 aliphatic carbocycles. The maximum atomic E-state index is 11.6. The zero-order chi connectivity index (χ0) is 12.8. The lowest BCUT2D eigenvalue weighted by atomic mass is 10.2. The van der Waals surface area contributed by atoms with E-state index in [-0.39, 0.29) is 11.2 Å². The third kappa shape index (κ3) is 4.11. The molecule has 0 saturated heterocycles. The van der Waals surface area contributed by atoms with Crippen LogP contribution in [-0.2, 0) is 4.79 Å². The van der Waals surface area contributed by atoms with E-state index in [0.717, 1.165) is 17.7 Å². The topological polar surface area (TPSA) is 81.1 Å². The molecule has 1 aromatic rings. The summed E-state index contributed by atoms with van der Waals surface area (Å²) in [4.78, 5) is 12.4. The summed E-state index contributed by atoms with van der Waals surface area (Å²) in [6.45, 7) is 2.02. The molecule has 0 aromatic heterocycles. The second kappa shape index (κ2) is 6.74. The summed E-state index contributed by atoms with van der Waals surface area (Å²) in [5, 5.41) is 0.357. The number of hydrogen-bond donors (Lipinski definition) is 3. The number of anilines is 1. The molecule has 1 unspecified atom stereocenters. The molecule has 0 aliphatic heterocycles. The van der Waals surface area contributed by atoms with Crippen LogP contribution in [-0.4, -0.2) is 11.2 Å². The number of carbonyl (C=O) groups is 1. The second-order valence-corrected chi connectivity index (χ2v) is 5.27. The van der Waals surface area contributed by atoms with E-state index in [4.69, 9.17) is 23.2 Å².